The first kappa shape index (κ1) is 18.1. The molecule has 0 radical (unpaired) electrons. The van der Waals surface area contributed by atoms with Crippen LogP contribution in [0.5, 0.6) is 0 Å². The lowest BCUT2D eigenvalue weighted by Gasteiger charge is -2.04. The molecule has 2 aromatic carbocycles. The van der Waals surface area contributed by atoms with Crippen LogP contribution in [-0.2, 0) is 11.3 Å². The minimum Gasteiger partial charge on any atom is -0.448 e. The highest BCUT2D eigenvalue weighted by Crippen LogP contribution is 2.24. The van der Waals surface area contributed by atoms with E-state index in [0.717, 1.165) is 16.9 Å². The molecule has 0 bridgehead atoms. The van der Waals surface area contributed by atoms with E-state index in [-0.39, 0.29) is 23.1 Å². The third-order valence-electron chi connectivity index (χ3n) is 4.44. The first-order valence-corrected chi connectivity index (χ1v) is 9.62. The maximum absolute atomic E-state index is 13.0. The van der Waals surface area contributed by atoms with Crippen LogP contribution >= 0.6 is 11.5 Å². The van der Waals surface area contributed by atoms with Gasteiger partial charge in [0, 0.05) is 22.5 Å². The van der Waals surface area contributed by atoms with Crippen molar-refractivity contribution in [3.8, 4) is 11.4 Å². The maximum Gasteiger partial charge on any atom is 0.297 e. The molecule has 0 fully saturated rings. The fraction of sp³-hybridized carbons (Fsp3) is 0.0500. The van der Waals surface area contributed by atoms with Gasteiger partial charge in [0.15, 0.2) is 5.82 Å². The minimum absolute atomic E-state index is 0.0982. The number of amides is 1. The smallest absolute Gasteiger partial charge is 0.297 e. The standard InChI is InChI=1S/C20H12FN5O3S/c21-12-7-5-11(6-8-12)18-24-20(30-25-18)23-15(27)9-26-10-22-16-13-3-1-2-4-14(13)29-17(16)19(26)28/h1-8,10H,9H2,(H,23,24,25,27). The van der Waals surface area contributed by atoms with E-state index in [1.165, 1.54) is 23.0 Å². The average Bonchev–Trinajstić information content (AvgIpc) is 3.36. The molecule has 0 aliphatic rings. The van der Waals surface area contributed by atoms with Gasteiger partial charge in [-0.25, -0.2) is 9.37 Å². The van der Waals surface area contributed by atoms with E-state index in [1.54, 1.807) is 24.3 Å². The Hall–Kier alpha value is -3.92. The Morgan fingerprint density at radius 2 is 1.97 bits per heavy atom. The van der Waals surface area contributed by atoms with Gasteiger partial charge in [0.25, 0.3) is 5.56 Å². The summed E-state index contributed by atoms with van der Waals surface area (Å²) in [5, 5.41) is 3.62. The largest absolute Gasteiger partial charge is 0.448 e. The summed E-state index contributed by atoms with van der Waals surface area (Å²) in [6.45, 7) is -0.260. The van der Waals surface area contributed by atoms with Gasteiger partial charge in [0.1, 0.15) is 23.5 Å². The predicted octanol–water partition coefficient (Wildman–Crippen LogP) is 3.44. The molecule has 3 heterocycles. The van der Waals surface area contributed by atoms with E-state index in [2.05, 4.69) is 19.7 Å². The van der Waals surface area contributed by atoms with Crippen molar-refractivity contribution in [2.45, 2.75) is 6.54 Å². The number of nitrogens with one attached hydrogen (secondary N) is 1. The van der Waals surface area contributed by atoms with Gasteiger partial charge < -0.3 is 4.42 Å². The minimum atomic E-state index is -0.462. The van der Waals surface area contributed by atoms with Gasteiger partial charge in [-0.3, -0.25) is 19.5 Å². The second-order valence-corrected chi connectivity index (χ2v) is 7.18. The Balaban J connectivity index is 1.36. The molecule has 10 heteroatoms. The molecule has 8 nitrogen and oxygen atoms in total. The van der Waals surface area contributed by atoms with Crippen LogP contribution in [0.3, 0.4) is 0 Å². The van der Waals surface area contributed by atoms with Crippen molar-refractivity contribution in [3.63, 3.8) is 0 Å². The summed E-state index contributed by atoms with van der Waals surface area (Å²) in [6, 6.07) is 12.9. The second kappa shape index (κ2) is 7.16. The normalized spacial score (nSPS) is 11.2. The third-order valence-corrected chi connectivity index (χ3v) is 5.07. The summed E-state index contributed by atoms with van der Waals surface area (Å²) in [6.07, 6.45) is 1.32. The van der Waals surface area contributed by atoms with E-state index in [9.17, 15) is 14.0 Å². The molecule has 0 saturated heterocycles. The maximum atomic E-state index is 13.0. The summed E-state index contributed by atoms with van der Waals surface area (Å²) >= 11 is 0.989. The number of anilines is 1. The van der Waals surface area contributed by atoms with Crippen molar-refractivity contribution in [1.29, 1.82) is 0 Å². The topological polar surface area (TPSA) is 103 Å². The second-order valence-electron chi connectivity index (χ2n) is 6.43. The van der Waals surface area contributed by atoms with Gasteiger partial charge in [-0.15, -0.1) is 0 Å². The number of hydrogen-bond donors (Lipinski definition) is 1. The van der Waals surface area contributed by atoms with E-state index < -0.39 is 11.5 Å². The van der Waals surface area contributed by atoms with Crippen LogP contribution in [-0.4, -0.2) is 24.8 Å². The molecule has 0 spiro atoms. The van der Waals surface area contributed by atoms with Crippen molar-refractivity contribution in [2.75, 3.05) is 5.32 Å². The number of fused-ring (bicyclic) bond motifs is 3. The van der Waals surface area contributed by atoms with Gasteiger partial charge in [0.2, 0.25) is 16.6 Å². The van der Waals surface area contributed by atoms with Gasteiger partial charge in [-0.1, -0.05) is 12.1 Å². The Labute approximate surface area is 171 Å². The molecule has 3 aromatic heterocycles. The van der Waals surface area contributed by atoms with E-state index in [0.29, 0.717) is 22.5 Å². The molecule has 5 rings (SSSR count). The van der Waals surface area contributed by atoms with Crippen molar-refractivity contribution in [1.82, 2.24) is 18.9 Å². The summed E-state index contributed by atoms with van der Waals surface area (Å²) in [5.74, 6) is -0.447. The molecule has 1 amide bonds. The van der Waals surface area contributed by atoms with Crippen LogP contribution < -0.4 is 10.9 Å². The third kappa shape index (κ3) is 3.22. The Kier molecular flexibility index (Phi) is 4.32. The molecule has 0 aliphatic heterocycles. The Bertz CT molecular complexity index is 1460. The number of aromatic nitrogens is 4. The highest BCUT2D eigenvalue weighted by molar-refractivity contribution is 7.10. The number of carbonyl (C=O) groups excluding carboxylic acids is 1. The number of furan rings is 1. The van der Waals surface area contributed by atoms with Crippen LogP contribution in [0, 0.1) is 5.82 Å². The summed E-state index contributed by atoms with van der Waals surface area (Å²) in [5.41, 5.74) is 1.29. The molecular weight excluding hydrogens is 409 g/mol. The summed E-state index contributed by atoms with van der Waals surface area (Å²) < 4.78 is 24.0. The van der Waals surface area contributed by atoms with Gasteiger partial charge in [-0.05, 0) is 36.4 Å². The SMILES string of the molecule is O=C(Cn1cnc2c(oc3ccccc32)c1=O)Nc1nc(-c2ccc(F)cc2)ns1. The molecule has 5 aromatic rings. The van der Waals surface area contributed by atoms with E-state index >= 15 is 0 Å². The quantitative estimate of drug-likeness (QED) is 0.477. The first-order valence-electron chi connectivity index (χ1n) is 8.85. The van der Waals surface area contributed by atoms with Crippen LogP contribution in [0.4, 0.5) is 9.52 Å². The van der Waals surface area contributed by atoms with Crippen LogP contribution in [0.1, 0.15) is 0 Å². The number of halogens is 1. The van der Waals surface area contributed by atoms with Gasteiger partial charge in [0.05, 0.1) is 6.33 Å². The molecule has 1 N–H and O–H groups in total. The molecule has 0 atom stereocenters. The van der Waals surface area contributed by atoms with Gasteiger partial charge in [-0.2, -0.15) is 9.36 Å². The molecule has 30 heavy (non-hydrogen) atoms. The Morgan fingerprint density at radius 3 is 2.80 bits per heavy atom. The van der Waals surface area contributed by atoms with E-state index in [4.69, 9.17) is 4.42 Å². The fourth-order valence-electron chi connectivity index (χ4n) is 3.03. The lowest BCUT2D eigenvalue weighted by atomic mass is 10.2. The van der Waals surface area contributed by atoms with Crippen LogP contribution in [0.2, 0.25) is 0 Å². The highest BCUT2D eigenvalue weighted by atomic mass is 32.1. The number of carbonyl (C=O) groups is 1. The number of benzene rings is 2. The molecule has 148 valence electrons. The molecule has 0 aliphatic carbocycles. The molecular formula is C20H12FN5O3S. The Morgan fingerprint density at radius 1 is 1.17 bits per heavy atom. The first-order chi connectivity index (χ1) is 14.6. The number of rotatable bonds is 4. The lowest BCUT2D eigenvalue weighted by Crippen LogP contribution is -2.27. The lowest BCUT2D eigenvalue weighted by molar-refractivity contribution is -0.116. The number of nitrogens with zero attached hydrogens (tertiary/aromatic N) is 4. The van der Waals surface area contributed by atoms with E-state index in [1.807, 2.05) is 12.1 Å². The van der Waals surface area contributed by atoms with Crippen molar-refractivity contribution >= 4 is 44.6 Å². The zero-order chi connectivity index (χ0) is 20.7. The molecule has 0 unspecified atom stereocenters. The summed E-state index contributed by atoms with van der Waals surface area (Å²) in [4.78, 5) is 33.6. The number of hydrogen-bond acceptors (Lipinski definition) is 7. The van der Waals surface area contributed by atoms with Crippen molar-refractivity contribution in [3.05, 3.63) is 71.0 Å². The summed E-state index contributed by atoms with van der Waals surface area (Å²) in [7, 11) is 0. The zero-order valence-corrected chi connectivity index (χ0v) is 16.0. The predicted molar refractivity (Wildman–Crippen MR) is 110 cm³/mol. The average molecular weight is 421 g/mol. The number of para-hydroxylation sites is 1. The monoisotopic (exact) mass is 421 g/mol. The van der Waals surface area contributed by atoms with Crippen molar-refractivity contribution < 1.29 is 13.6 Å². The van der Waals surface area contributed by atoms with Crippen LogP contribution in [0.25, 0.3) is 33.5 Å². The van der Waals surface area contributed by atoms with Gasteiger partial charge >= 0.3 is 0 Å². The van der Waals surface area contributed by atoms with Crippen LogP contribution in [0.15, 0.2) is 64.1 Å². The fourth-order valence-corrected chi connectivity index (χ4v) is 3.64. The highest BCUT2D eigenvalue weighted by Gasteiger charge is 2.15. The zero-order valence-electron chi connectivity index (χ0n) is 15.2. The van der Waals surface area contributed by atoms with Crippen molar-refractivity contribution in [2.24, 2.45) is 0 Å². The molecule has 0 saturated carbocycles.